The molecule has 1 aromatic rings. The van der Waals surface area contributed by atoms with Crippen LogP contribution in [0, 0.1) is 24.2 Å². The molecule has 0 unspecified atom stereocenters. The number of hydrogen-bond donors (Lipinski definition) is 5. The minimum Gasteiger partial charge on any atom is -0.511 e. The zero-order valence-electron chi connectivity index (χ0n) is 26.0. The summed E-state index contributed by atoms with van der Waals surface area (Å²) in [7, 11) is 3.78. The lowest BCUT2D eigenvalue weighted by atomic mass is 9.55. The minimum atomic E-state index is -0.905. The Hall–Kier alpha value is -2.25. The summed E-state index contributed by atoms with van der Waals surface area (Å²) in [6, 6.07) is 3.85. The van der Waals surface area contributed by atoms with Crippen LogP contribution in [0.4, 0.5) is 0 Å². The molecule has 0 bridgehead atoms. The van der Waals surface area contributed by atoms with Crippen LogP contribution in [-0.2, 0) is 6.54 Å². The summed E-state index contributed by atoms with van der Waals surface area (Å²) in [5.41, 5.74) is 15.0. The number of rotatable bonds is 8. The molecule has 0 amide bonds. The van der Waals surface area contributed by atoms with E-state index in [2.05, 4.69) is 78.7 Å². The van der Waals surface area contributed by atoms with Crippen molar-refractivity contribution in [3.05, 3.63) is 88.4 Å². The van der Waals surface area contributed by atoms with Gasteiger partial charge in [0, 0.05) is 30.6 Å². The highest BCUT2D eigenvalue weighted by Crippen LogP contribution is 2.59. The normalized spacial score (nSPS) is 27.9. The summed E-state index contributed by atoms with van der Waals surface area (Å²) in [5, 5.41) is 27.2. The maximum absolute atomic E-state index is 12.3. The number of aliphatic hydroxyl groups is 2. The van der Waals surface area contributed by atoms with Gasteiger partial charge in [0.1, 0.15) is 5.76 Å². The first-order chi connectivity index (χ1) is 18.4. The van der Waals surface area contributed by atoms with Crippen molar-refractivity contribution in [3.8, 4) is 0 Å². The largest absolute Gasteiger partial charge is 0.511 e. The summed E-state index contributed by atoms with van der Waals surface area (Å²) in [6.45, 7) is 29.5. The standard InChI is InChI=1S/C34H51N3O2S/c1-18(2)34(40)23(7)28-22(6)27-20(4)24(16-36-17-33(8,9)10)13-14-25(27)21(5)29(28)32(39)30(34)31(37(11)12)26(38)15-19(3)35/h13-15,21,29-32,36,38-40H,1,3,6,16-17,35H2,2,4-5,7-12H3/b26-15-/t21-,29+,30+,31+,32-,34+/m0/s1. The van der Waals surface area contributed by atoms with Gasteiger partial charge in [-0.1, -0.05) is 65.1 Å². The smallest absolute Gasteiger partial charge is 0.112 e. The number of allylic oxidation sites excluding steroid dienone is 2. The van der Waals surface area contributed by atoms with Gasteiger partial charge in [0.15, 0.2) is 0 Å². The maximum Gasteiger partial charge on any atom is 0.112 e. The van der Waals surface area contributed by atoms with E-state index in [1.807, 2.05) is 25.9 Å². The lowest BCUT2D eigenvalue weighted by Gasteiger charge is -2.55. The number of aliphatic hydroxyl groups excluding tert-OH is 2. The molecule has 2 aliphatic carbocycles. The first-order valence-corrected chi connectivity index (χ1v) is 14.6. The van der Waals surface area contributed by atoms with E-state index in [4.69, 9.17) is 18.4 Å². The van der Waals surface area contributed by atoms with Crippen molar-refractivity contribution in [2.45, 2.75) is 77.8 Å². The molecule has 0 aromatic heterocycles. The first-order valence-electron chi connectivity index (χ1n) is 14.2. The molecule has 1 aromatic carbocycles. The van der Waals surface area contributed by atoms with Gasteiger partial charge in [-0.3, -0.25) is 4.90 Å². The molecule has 0 saturated carbocycles. The van der Waals surface area contributed by atoms with E-state index in [1.54, 1.807) is 0 Å². The van der Waals surface area contributed by atoms with Crippen molar-refractivity contribution in [1.82, 2.24) is 10.2 Å². The zero-order chi connectivity index (χ0) is 30.5. The Morgan fingerprint density at radius 2 is 1.85 bits per heavy atom. The van der Waals surface area contributed by atoms with Gasteiger partial charge in [0.25, 0.3) is 0 Å². The summed E-state index contributed by atoms with van der Waals surface area (Å²) in [5.74, 6) is -0.653. The third-order valence-corrected chi connectivity index (χ3v) is 9.96. The van der Waals surface area contributed by atoms with E-state index in [-0.39, 0.29) is 28.7 Å². The Labute approximate surface area is 248 Å². The van der Waals surface area contributed by atoms with E-state index in [9.17, 15) is 10.2 Å². The molecule has 6 heteroatoms. The van der Waals surface area contributed by atoms with Gasteiger partial charge in [-0.25, -0.2) is 0 Å². The number of benzene rings is 1. The van der Waals surface area contributed by atoms with Gasteiger partial charge in [-0.15, -0.1) is 0 Å². The summed E-state index contributed by atoms with van der Waals surface area (Å²) in [6.07, 6.45) is 0.630. The van der Waals surface area contributed by atoms with E-state index in [0.717, 1.165) is 35.4 Å². The summed E-state index contributed by atoms with van der Waals surface area (Å²) >= 11 is 5.30. The Kier molecular flexibility index (Phi) is 9.32. The molecule has 2 aliphatic rings. The van der Waals surface area contributed by atoms with Crippen LogP contribution in [0.5, 0.6) is 0 Å². The predicted molar refractivity (Wildman–Crippen MR) is 174 cm³/mol. The Morgan fingerprint density at radius 3 is 2.35 bits per heavy atom. The van der Waals surface area contributed by atoms with Crippen molar-refractivity contribution < 1.29 is 10.2 Å². The average Bonchev–Trinajstić information content (AvgIpc) is 2.81. The minimum absolute atomic E-state index is 0.0275. The van der Waals surface area contributed by atoms with Crippen LogP contribution in [-0.4, -0.2) is 52.6 Å². The molecule has 5 N–H and O–H groups in total. The molecular weight excluding hydrogens is 514 g/mol. The van der Waals surface area contributed by atoms with Crippen LogP contribution < -0.4 is 11.1 Å². The SMILES string of the molecule is C=C(N)/C=C(\O)[C@H]([C@@H]1[C@@H](O)[C@H]2C(=C(C)[C@]1(S)C(=C)C)C(=C)c1c(ccc(CNCC(C)(C)C)c1C)[C@@H]2C)N(C)C. The van der Waals surface area contributed by atoms with E-state index >= 15 is 0 Å². The van der Waals surface area contributed by atoms with Crippen LogP contribution in [0.3, 0.4) is 0 Å². The Balaban J connectivity index is 2.23. The highest BCUT2D eigenvalue weighted by Gasteiger charge is 2.57. The van der Waals surface area contributed by atoms with Gasteiger partial charge in [0.2, 0.25) is 0 Å². The topological polar surface area (TPSA) is 81.8 Å². The Bertz CT molecular complexity index is 1270. The fourth-order valence-corrected chi connectivity index (χ4v) is 7.45. The molecule has 0 spiro atoms. The molecule has 40 heavy (non-hydrogen) atoms. The van der Waals surface area contributed by atoms with Gasteiger partial charge >= 0.3 is 0 Å². The van der Waals surface area contributed by atoms with Crippen molar-refractivity contribution in [3.63, 3.8) is 0 Å². The summed E-state index contributed by atoms with van der Waals surface area (Å²) < 4.78 is -0.905. The number of nitrogens with two attached hydrogens (primary N) is 1. The van der Waals surface area contributed by atoms with Crippen LogP contribution >= 0.6 is 12.6 Å². The average molecular weight is 566 g/mol. The lowest BCUT2D eigenvalue weighted by Crippen LogP contribution is -2.59. The van der Waals surface area contributed by atoms with Crippen molar-refractivity contribution in [1.29, 1.82) is 0 Å². The van der Waals surface area contributed by atoms with Crippen molar-refractivity contribution in [2.24, 2.45) is 23.0 Å². The monoisotopic (exact) mass is 565 g/mol. The number of nitrogens with zero attached hydrogens (tertiary/aromatic N) is 1. The van der Waals surface area contributed by atoms with Crippen LogP contribution in [0.15, 0.2) is 66.1 Å². The molecule has 0 saturated heterocycles. The van der Waals surface area contributed by atoms with Crippen molar-refractivity contribution in [2.75, 3.05) is 20.6 Å². The third kappa shape index (κ3) is 5.61. The maximum atomic E-state index is 12.3. The molecule has 0 aliphatic heterocycles. The summed E-state index contributed by atoms with van der Waals surface area (Å²) in [4.78, 5) is 1.91. The number of likely N-dealkylation sites (N-methyl/N-ethyl adjacent to an activating group) is 1. The quantitative estimate of drug-likeness (QED) is 0.111. The molecule has 0 fully saturated rings. The second kappa shape index (κ2) is 11.6. The second-order valence-corrected chi connectivity index (χ2v) is 14.1. The van der Waals surface area contributed by atoms with Crippen LogP contribution in [0.1, 0.15) is 69.7 Å². The molecule has 3 rings (SSSR count). The van der Waals surface area contributed by atoms with E-state index in [1.165, 1.54) is 28.3 Å². The van der Waals surface area contributed by atoms with E-state index in [0.29, 0.717) is 0 Å². The van der Waals surface area contributed by atoms with Gasteiger partial charge in [-0.2, -0.15) is 12.6 Å². The number of thiol groups is 1. The predicted octanol–water partition coefficient (Wildman–Crippen LogP) is 6.27. The molecule has 0 heterocycles. The van der Waals surface area contributed by atoms with Gasteiger partial charge in [0.05, 0.1) is 16.9 Å². The fraction of sp³-hybridized carbons (Fsp3) is 0.529. The first kappa shape index (κ1) is 32.3. The third-order valence-electron chi connectivity index (χ3n) is 8.95. The molecule has 0 radical (unpaired) electrons. The Morgan fingerprint density at radius 1 is 1.25 bits per heavy atom. The zero-order valence-corrected chi connectivity index (χ0v) is 26.9. The van der Waals surface area contributed by atoms with Gasteiger partial charge in [-0.05, 0) is 91.2 Å². The molecule has 220 valence electrons. The highest BCUT2D eigenvalue weighted by molar-refractivity contribution is 7.82. The van der Waals surface area contributed by atoms with Crippen molar-refractivity contribution >= 4 is 18.2 Å². The van der Waals surface area contributed by atoms with Crippen LogP contribution in [0.25, 0.3) is 5.57 Å². The van der Waals surface area contributed by atoms with E-state index < -0.39 is 22.8 Å². The van der Waals surface area contributed by atoms with Crippen LogP contribution in [0.2, 0.25) is 0 Å². The second-order valence-electron chi connectivity index (χ2n) is 13.4. The molecule has 6 atom stereocenters. The van der Waals surface area contributed by atoms with Gasteiger partial charge < -0.3 is 21.3 Å². The molecule has 5 nitrogen and oxygen atoms in total. The number of fused-ring (bicyclic) bond motifs is 2. The number of hydrogen-bond acceptors (Lipinski definition) is 6. The number of nitrogens with one attached hydrogen (secondary N) is 1. The molecular formula is C34H51N3O2S. The highest BCUT2D eigenvalue weighted by atomic mass is 32.1. The fourth-order valence-electron chi connectivity index (χ4n) is 7.03. The lowest BCUT2D eigenvalue weighted by molar-refractivity contribution is -0.00144.